The average Bonchev–Trinajstić information content (AvgIpc) is 2.80. The predicted molar refractivity (Wildman–Crippen MR) is 94.6 cm³/mol. The van der Waals surface area contributed by atoms with Crippen LogP contribution in [0.15, 0.2) is 4.52 Å². The molecule has 2 heterocycles. The fourth-order valence-corrected chi connectivity index (χ4v) is 3.99. The summed E-state index contributed by atoms with van der Waals surface area (Å²) in [5.41, 5.74) is 2.04. The van der Waals surface area contributed by atoms with Crippen LogP contribution >= 0.6 is 11.8 Å². The minimum absolute atomic E-state index is 0.143. The fourth-order valence-electron chi connectivity index (χ4n) is 3.00. The molecule has 0 radical (unpaired) electrons. The highest BCUT2D eigenvalue weighted by molar-refractivity contribution is 7.99. The Kier molecular flexibility index (Phi) is 6.96. The highest BCUT2D eigenvalue weighted by atomic mass is 32.2. The molecule has 1 aliphatic heterocycles. The Bertz CT molecular complexity index is 488. The molecular weight excluding hydrogens is 310 g/mol. The van der Waals surface area contributed by atoms with Crippen LogP contribution in [-0.4, -0.2) is 47.4 Å². The van der Waals surface area contributed by atoms with Gasteiger partial charge in [0.25, 0.3) is 0 Å². The van der Waals surface area contributed by atoms with Gasteiger partial charge in [-0.15, -0.1) is 11.8 Å². The van der Waals surface area contributed by atoms with Crippen molar-refractivity contribution in [3.05, 3.63) is 17.0 Å². The van der Waals surface area contributed by atoms with E-state index in [-0.39, 0.29) is 5.91 Å². The van der Waals surface area contributed by atoms with Gasteiger partial charge in [0.2, 0.25) is 5.91 Å². The minimum Gasteiger partial charge on any atom is -0.361 e. The molecule has 0 unspecified atom stereocenters. The summed E-state index contributed by atoms with van der Waals surface area (Å²) in [6, 6.07) is 0.338. The number of amides is 1. The number of piperidine rings is 1. The van der Waals surface area contributed by atoms with E-state index in [2.05, 4.69) is 29.2 Å². The summed E-state index contributed by atoms with van der Waals surface area (Å²) in [5, 5.41) is 7.12. The van der Waals surface area contributed by atoms with Gasteiger partial charge in [0.15, 0.2) is 0 Å². The van der Waals surface area contributed by atoms with E-state index < -0.39 is 0 Å². The molecule has 1 aromatic heterocycles. The first kappa shape index (κ1) is 18.3. The highest BCUT2D eigenvalue weighted by Crippen LogP contribution is 2.19. The second-order valence-corrected chi connectivity index (χ2v) is 7.82. The third-order valence-corrected chi connectivity index (χ3v) is 5.20. The van der Waals surface area contributed by atoms with Gasteiger partial charge in [-0.25, -0.2) is 0 Å². The van der Waals surface area contributed by atoms with Crippen molar-refractivity contribution in [1.29, 1.82) is 0 Å². The topological polar surface area (TPSA) is 58.4 Å². The number of carbonyl (C=O) groups is 1. The van der Waals surface area contributed by atoms with Crippen molar-refractivity contribution in [2.24, 2.45) is 5.92 Å². The number of rotatable bonds is 7. The number of thioether (sulfide) groups is 1. The van der Waals surface area contributed by atoms with E-state index >= 15 is 0 Å². The zero-order chi connectivity index (χ0) is 16.8. The van der Waals surface area contributed by atoms with Crippen molar-refractivity contribution in [3.63, 3.8) is 0 Å². The zero-order valence-electron chi connectivity index (χ0n) is 14.7. The molecule has 0 saturated carbocycles. The lowest BCUT2D eigenvalue weighted by molar-refractivity contribution is -0.119. The molecule has 1 aromatic rings. The lowest BCUT2D eigenvalue weighted by Crippen LogP contribution is -2.45. The normalized spacial score (nSPS) is 16.9. The molecule has 1 amide bonds. The van der Waals surface area contributed by atoms with Gasteiger partial charge in [0.05, 0.1) is 11.4 Å². The molecule has 1 aliphatic rings. The second-order valence-electron chi connectivity index (χ2n) is 6.83. The van der Waals surface area contributed by atoms with Gasteiger partial charge in [-0.1, -0.05) is 19.0 Å². The number of hydrogen-bond acceptors (Lipinski definition) is 5. The van der Waals surface area contributed by atoms with Crippen molar-refractivity contribution >= 4 is 17.7 Å². The second kappa shape index (κ2) is 8.73. The molecule has 1 saturated heterocycles. The summed E-state index contributed by atoms with van der Waals surface area (Å²) < 4.78 is 5.14. The number of likely N-dealkylation sites (tertiary alicyclic amines) is 1. The minimum atomic E-state index is 0.143. The molecule has 0 spiro atoms. The van der Waals surface area contributed by atoms with Crippen molar-refractivity contribution in [1.82, 2.24) is 15.4 Å². The maximum absolute atomic E-state index is 12.1. The lowest BCUT2D eigenvalue weighted by Gasteiger charge is -2.33. The number of carbonyl (C=O) groups excluding carboxylic acids is 1. The fraction of sp³-hybridized carbons (Fsp3) is 0.765. The van der Waals surface area contributed by atoms with Crippen LogP contribution in [0.2, 0.25) is 0 Å². The number of hydrogen-bond donors (Lipinski definition) is 1. The Hall–Kier alpha value is -1.01. The summed E-state index contributed by atoms with van der Waals surface area (Å²) >= 11 is 1.62. The van der Waals surface area contributed by atoms with Crippen LogP contribution in [-0.2, 0) is 10.5 Å². The monoisotopic (exact) mass is 339 g/mol. The van der Waals surface area contributed by atoms with E-state index in [1.807, 2.05) is 13.8 Å². The van der Waals surface area contributed by atoms with Crippen LogP contribution in [0.3, 0.4) is 0 Å². The summed E-state index contributed by atoms with van der Waals surface area (Å²) in [6.45, 7) is 11.7. The number of aromatic nitrogens is 1. The van der Waals surface area contributed by atoms with Crippen LogP contribution in [0.4, 0.5) is 0 Å². The zero-order valence-corrected chi connectivity index (χ0v) is 15.5. The van der Waals surface area contributed by atoms with Crippen LogP contribution in [0.5, 0.6) is 0 Å². The van der Waals surface area contributed by atoms with E-state index in [9.17, 15) is 4.79 Å². The van der Waals surface area contributed by atoms with Gasteiger partial charge in [0, 0.05) is 37.0 Å². The summed E-state index contributed by atoms with van der Waals surface area (Å²) in [4.78, 5) is 14.6. The van der Waals surface area contributed by atoms with Gasteiger partial charge in [-0.2, -0.15) is 0 Å². The van der Waals surface area contributed by atoms with Gasteiger partial charge in [-0.3, -0.25) is 4.79 Å². The molecular formula is C17H29N3O2S. The number of aryl methyl sites for hydroxylation is 2. The maximum atomic E-state index is 12.1. The Balaban J connectivity index is 1.64. The van der Waals surface area contributed by atoms with Gasteiger partial charge >= 0.3 is 0 Å². The molecule has 130 valence electrons. The molecule has 1 fully saturated rings. The van der Waals surface area contributed by atoms with Crippen LogP contribution in [0, 0.1) is 19.8 Å². The van der Waals surface area contributed by atoms with Gasteiger partial charge in [-0.05, 0) is 32.6 Å². The molecule has 0 bridgehead atoms. The first-order valence-corrected chi connectivity index (χ1v) is 9.62. The van der Waals surface area contributed by atoms with E-state index in [0.717, 1.165) is 55.2 Å². The molecule has 23 heavy (non-hydrogen) atoms. The summed E-state index contributed by atoms with van der Waals surface area (Å²) in [6.07, 6.45) is 2.12. The average molecular weight is 340 g/mol. The quantitative estimate of drug-likeness (QED) is 0.828. The van der Waals surface area contributed by atoms with Crippen LogP contribution in [0.25, 0.3) is 0 Å². The van der Waals surface area contributed by atoms with E-state index in [0.29, 0.717) is 17.7 Å². The molecule has 0 aliphatic carbocycles. The molecule has 0 atom stereocenters. The largest absolute Gasteiger partial charge is 0.361 e. The predicted octanol–water partition coefficient (Wildman–Crippen LogP) is 2.76. The maximum Gasteiger partial charge on any atom is 0.230 e. The van der Waals surface area contributed by atoms with E-state index in [1.165, 1.54) is 0 Å². The van der Waals surface area contributed by atoms with Crippen molar-refractivity contribution in [3.8, 4) is 0 Å². The summed E-state index contributed by atoms with van der Waals surface area (Å²) in [5.74, 6) is 2.98. The van der Waals surface area contributed by atoms with Gasteiger partial charge in [0.1, 0.15) is 5.76 Å². The highest BCUT2D eigenvalue weighted by Gasteiger charge is 2.21. The van der Waals surface area contributed by atoms with Crippen molar-refractivity contribution < 1.29 is 9.32 Å². The molecule has 0 aromatic carbocycles. The smallest absolute Gasteiger partial charge is 0.230 e. The number of nitrogens with zero attached hydrogens (tertiary/aromatic N) is 2. The third kappa shape index (κ3) is 5.84. The molecule has 5 nitrogen and oxygen atoms in total. The lowest BCUT2D eigenvalue weighted by atomic mass is 10.0. The van der Waals surface area contributed by atoms with Gasteiger partial charge < -0.3 is 14.7 Å². The molecule has 2 rings (SSSR count). The van der Waals surface area contributed by atoms with Crippen LogP contribution in [0.1, 0.15) is 43.7 Å². The Morgan fingerprint density at radius 1 is 1.39 bits per heavy atom. The van der Waals surface area contributed by atoms with Crippen molar-refractivity contribution in [2.45, 2.75) is 52.3 Å². The Morgan fingerprint density at radius 2 is 2.09 bits per heavy atom. The van der Waals surface area contributed by atoms with E-state index in [4.69, 9.17) is 4.52 Å². The molecule has 1 N–H and O–H groups in total. The molecule has 6 heteroatoms. The summed E-state index contributed by atoms with van der Waals surface area (Å²) in [7, 11) is 0. The van der Waals surface area contributed by atoms with E-state index in [1.54, 1.807) is 11.8 Å². The van der Waals surface area contributed by atoms with Crippen molar-refractivity contribution in [2.75, 3.05) is 25.4 Å². The first-order valence-electron chi connectivity index (χ1n) is 8.47. The SMILES string of the molecule is Cc1noc(C)c1CSCC(=O)NC1CCN(CC(C)C)CC1. The first-order chi connectivity index (χ1) is 11.0. The third-order valence-electron chi connectivity index (χ3n) is 4.24. The number of nitrogens with one attached hydrogen (secondary N) is 1. The Morgan fingerprint density at radius 3 is 2.65 bits per heavy atom. The Labute approximate surface area is 143 Å². The standard InChI is InChI=1S/C17H29N3O2S/c1-12(2)9-20-7-5-15(6-8-20)18-17(21)11-23-10-16-13(3)19-22-14(16)4/h12,15H,5-11H2,1-4H3,(H,18,21). The van der Waals surface area contributed by atoms with Crippen LogP contribution < -0.4 is 5.32 Å².